The summed E-state index contributed by atoms with van der Waals surface area (Å²) in [6.07, 6.45) is 4.10. The van der Waals surface area contributed by atoms with Crippen LogP contribution in [0, 0.1) is 0 Å². The highest BCUT2D eigenvalue weighted by Crippen LogP contribution is 2.34. The monoisotopic (exact) mass is 878 g/mol. The molecule has 3 aromatic carbocycles. The molecule has 3 amide bonds. The third-order valence-corrected chi connectivity index (χ3v) is 10.4. The van der Waals surface area contributed by atoms with E-state index in [1.165, 1.54) is 76.3 Å². The van der Waals surface area contributed by atoms with Crippen LogP contribution in [-0.2, 0) is 53.5 Å². The van der Waals surface area contributed by atoms with E-state index in [4.69, 9.17) is 14.2 Å². The molecule has 3 atom stereocenters. The van der Waals surface area contributed by atoms with Gasteiger partial charge in [0.2, 0.25) is 0 Å². The average Bonchev–Trinajstić information content (AvgIpc) is 3.35. The molecule has 4 N–H and O–H groups in total. The highest BCUT2D eigenvalue weighted by molar-refractivity contribution is 5.98. The number of amides is 3. The van der Waals surface area contributed by atoms with Crippen molar-refractivity contribution >= 4 is 35.6 Å². The van der Waals surface area contributed by atoms with Crippen molar-refractivity contribution in [3.63, 3.8) is 0 Å². The molecule has 16 nitrogen and oxygen atoms in total. The Morgan fingerprint density at radius 3 is 0.923 bits per heavy atom. The summed E-state index contributed by atoms with van der Waals surface area (Å²) in [4.78, 5) is 91.7. The van der Waals surface area contributed by atoms with E-state index in [1.54, 1.807) is 0 Å². The average molecular weight is 879 g/mol. The predicted molar refractivity (Wildman–Crippen MR) is 235 cm³/mol. The van der Waals surface area contributed by atoms with E-state index in [0.717, 1.165) is 16.7 Å². The molecule has 0 fully saturated rings. The van der Waals surface area contributed by atoms with Gasteiger partial charge in [0.1, 0.15) is 18.1 Å². The summed E-state index contributed by atoms with van der Waals surface area (Å²) in [5, 5.41) is 20.7. The summed E-state index contributed by atoms with van der Waals surface area (Å²) in [7, 11) is 3.67. The Kier molecular flexibility index (Phi) is 15.6. The van der Waals surface area contributed by atoms with Crippen molar-refractivity contribution in [2.24, 2.45) is 0 Å². The van der Waals surface area contributed by atoms with Gasteiger partial charge in [0.15, 0.2) is 5.60 Å². The molecule has 0 aliphatic rings. The van der Waals surface area contributed by atoms with Crippen LogP contribution in [0.4, 0.5) is 0 Å². The van der Waals surface area contributed by atoms with E-state index < -0.39 is 59.4 Å². The normalized spacial score (nSPS) is 12.4. The maximum absolute atomic E-state index is 13.5. The fourth-order valence-electron chi connectivity index (χ4n) is 6.90. The molecule has 0 spiro atoms. The van der Waals surface area contributed by atoms with Gasteiger partial charge in [-0.3, -0.25) is 29.3 Å². The number of carbonyl (C=O) groups excluding carboxylic acids is 6. The van der Waals surface area contributed by atoms with Gasteiger partial charge in [-0.1, -0.05) is 91.0 Å². The van der Waals surface area contributed by atoms with Crippen molar-refractivity contribution in [1.29, 1.82) is 0 Å². The molecule has 3 heterocycles. The molecule has 332 valence electrons. The topological polar surface area (TPSA) is 225 Å². The van der Waals surface area contributed by atoms with Crippen LogP contribution in [0.25, 0.3) is 0 Å². The van der Waals surface area contributed by atoms with Crippen LogP contribution >= 0.6 is 0 Å². The minimum atomic E-state index is -2.26. The van der Waals surface area contributed by atoms with E-state index >= 15 is 0 Å². The van der Waals surface area contributed by atoms with Crippen molar-refractivity contribution in [3.05, 3.63) is 196 Å². The van der Waals surface area contributed by atoms with Gasteiger partial charge < -0.3 is 35.3 Å². The maximum atomic E-state index is 13.5. The van der Waals surface area contributed by atoms with E-state index in [9.17, 15) is 33.9 Å². The van der Waals surface area contributed by atoms with Crippen LogP contribution < -0.4 is 16.0 Å². The minimum Gasteiger partial charge on any atom is -0.467 e. The molecule has 6 aromatic rings. The number of nitrogens with one attached hydrogen (secondary N) is 3. The largest absolute Gasteiger partial charge is 0.467 e. The molecule has 0 unspecified atom stereocenters. The number of methoxy groups -OCH3 is 3. The number of carbonyl (C=O) groups is 6. The van der Waals surface area contributed by atoms with Gasteiger partial charge in [0.05, 0.1) is 55.1 Å². The third-order valence-electron chi connectivity index (χ3n) is 10.4. The molecule has 0 saturated heterocycles. The number of hydrogen-bond acceptors (Lipinski definition) is 13. The lowest BCUT2D eigenvalue weighted by Crippen LogP contribution is -2.43. The zero-order chi connectivity index (χ0) is 46.3. The van der Waals surface area contributed by atoms with Crippen molar-refractivity contribution in [2.75, 3.05) is 21.3 Å². The summed E-state index contributed by atoms with van der Waals surface area (Å²) >= 11 is 0. The Morgan fingerprint density at radius 1 is 0.446 bits per heavy atom. The molecule has 0 bridgehead atoms. The van der Waals surface area contributed by atoms with Crippen LogP contribution in [0.2, 0.25) is 0 Å². The molecular weight excluding hydrogens is 833 g/mol. The molecule has 6 rings (SSSR count). The Labute approximate surface area is 374 Å². The maximum Gasteiger partial charge on any atom is 0.328 e. The number of esters is 3. The van der Waals surface area contributed by atoms with Crippen LogP contribution in [0.1, 0.15) is 64.8 Å². The lowest BCUT2D eigenvalue weighted by molar-refractivity contribution is -0.143. The van der Waals surface area contributed by atoms with Gasteiger partial charge in [-0.05, 0) is 53.1 Å². The van der Waals surface area contributed by atoms with Crippen molar-refractivity contribution in [2.45, 2.75) is 43.0 Å². The number of aromatic nitrogens is 3. The van der Waals surface area contributed by atoms with Crippen molar-refractivity contribution in [1.82, 2.24) is 30.9 Å². The number of ether oxygens (including phenoxy) is 3. The van der Waals surface area contributed by atoms with E-state index in [2.05, 4.69) is 30.9 Å². The molecule has 3 aromatic heterocycles. The standard InChI is InChI=1S/C49H46N6O10/c1-63-46(59)37(25-31-13-7-4-8-14-31)53-43(56)34-19-22-40(50-28-34)49(62,41-23-20-35(29-51-41)44(57)54-38(47(60)64-2)26-32-15-9-5-10-16-32)42-24-21-36(30-52-42)45(58)55-39(48(61)65-3)27-33-17-11-6-12-18-33/h4-24,28-30,37-39,62H,25-27H2,1-3H3,(H,53,56)(H,54,57)(H,55,58)/t37-,38-,39-/m0/s1. The second kappa shape index (κ2) is 21.8. The first-order valence-electron chi connectivity index (χ1n) is 20.3. The lowest BCUT2D eigenvalue weighted by Gasteiger charge is -2.27. The smallest absolute Gasteiger partial charge is 0.328 e. The van der Waals surface area contributed by atoms with E-state index in [0.29, 0.717) is 0 Å². The molecule has 0 saturated carbocycles. The minimum absolute atomic E-state index is 0.0457. The van der Waals surface area contributed by atoms with Gasteiger partial charge in [0.25, 0.3) is 17.7 Å². The Morgan fingerprint density at radius 2 is 0.708 bits per heavy atom. The highest BCUT2D eigenvalue weighted by atomic mass is 16.5. The summed E-state index contributed by atoms with van der Waals surface area (Å²) in [5.74, 6) is -3.88. The number of benzene rings is 3. The number of pyridine rings is 3. The van der Waals surface area contributed by atoms with Gasteiger partial charge in [0, 0.05) is 37.9 Å². The van der Waals surface area contributed by atoms with Gasteiger partial charge in [-0.15, -0.1) is 0 Å². The Balaban J connectivity index is 1.29. The van der Waals surface area contributed by atoms with Gasteiger partial charge in [-0.2, -0.15) is 0 Å². The predicted octanol–water partition coefficient (Wildman–Crippen LogP) is 3.70. The van der Waals surface area contributed by atoms with Gasteiger partial charge >= 0.3 is 17.9 Å². The fourth-order valence-corrected chi connectivity index (χ4v) is 6.90. The summed E-state index contributed by atoms with van der Waals surface area (Å²) in [5.41, 5.74) is 0.0837. The van der Waals surface area contributed by atoms with Crippen LogP contribution in [0.3, 0.4) is 0 Å². The van der Waals surface area contributed by atoms with Crippen molar-refractivity contribution < 1.29 is 48.1 Å². The highest BCUT2D eigenvalue weighted by Gasteiger charge is 2.39. The lowest BCUT2D eigenvalue weighted by atomic mass is 9.89. The number of hydrogen-bond donors (Lipinski definition) is 4. The zero-order valence-corrected chi connectivity index (χ0v) is 35.7. The number of aliphatic hydroxyl groups is 1. The zero-order valence-electron chi connectivity index (χ0n) is 35.7. The summed E-state index contributed by atoms with van der Waals surface area (Å²) in [6.45, 7) is 0. The van der Waals surface area contributed by atoms with Crippen LogP contribution in [0.15, 0.2) is 146 Å². The molecule has 16 heteroatoms. The quantitative estimate of drug-likeness (QED) is 0.0715. The SMILES string of the molecule is COC(=O)[C@H](Cc1ccccc1)NC(=O)c1ccc(C(O)(c2ccc(C(=O)N[C@@H](Cc3ccccc3)C(=O)OC)cn2)c2ccc(C(=O)N[C@@H](Cc3ccccc3)C(=O)OC)cn2)nc1. The Bertz CT molecular complexity index is 2290. The van der Waals surface area contributed by atoms with Crippen LogP contribution in [0.5, 0.6) is 0 Å². The molecule has 65 heavy (non-hydrogen) atoms. The first kappa shape index (κ1) is 46.4. The number of rotatable bonds is 18. The first-order chi connectivity index (χ1) is 31.4. The van der Waals surface area contributed by atoms with Crippen molar-refractivity contribution in [3.8, 4) is 0 Å². The third kappa shape index (κ3) is 11.7. The van der Waals surface area contributed by atoms with Crippen LogP contribution in [-0.4, -0.2) is 95.1 Å². The Hall–Kier alpha value is -8.11. The summed E-state index contributed by atoms with van der Waals surface area (Å²) < 4.78 is 14.8. The van der Waals surface area contributed by atoms with Gasteiger partial charge in [-0.25, -0.2) is 14.4 Å². The second-order valence-electron chi connectivity index (χ2n) is 14.7. The first-order valence-corrected chi connectivity index (χ1v) is 20.3. The van der Waals surface area contributed by atoms with E-state index in [-0.39, 0.29) is 53.0 Å². The molecular formula is C49H46N6O10. The molecule has 0 radical (unpaired) electrons. The second-order valence-corrected chi connectivity index (χ2v) is 14.7. The van der Waals surface area contributed by atoms with E-state index in [1.807, 2.05) is 91.0 Å². The fraction of sp³-hybridized carbons (Fsp3) is 0.204. The summed E-state index contributed by atoms with van der Waals surface area (Å²) in [6, 6.07) is 32.5. The number of nitrogens with zero attached hydrogens (tertiary/aromatic N) is 3. The molecule has 0 aliphatic carbocycles. The molecule has 0 aliphatic heterocycles.